The molecule has 0 N–H and O–H groups in total. The van der Waals surface area contributed by atoms with Crippen LogP contribution < -0.4 is 0 Å². The van der Waals surface area contributed by atoms with E-state index in [9.17, 15) is 14.4 Å². The fraction of sp³-hybridized carbons (Fsp3) is 0.924. The highest BCUT2D eigenvalue weighted by Gasteiger charge is 2.19. The number of carbonyl (C=O) groups excluding carboxylic acids is 3. The van der Waals surface area contributed by atoms with Crippen LogP contribution in [0.5, 0.6) is 0 Å². The second-order valence-corrected chi connectivity index (χ2v) is 22.4. The quantitative estimate of drug-likeness (QED) is 0.0261. The molecule has 0 aliphatic carbocycles. The molecule has 0 aromatic heterocycles. The lowest BCUT2D eigenvalue weighted by Crippen LogP contribution is -2.30. The van der Waals surface area contributed by atoms with Gasteiger partial charge in [-0.1, -0.05) is 322 Å². The third kappa shape index (κ3) is 59.0. The molecule has 0 bridgehead atoms. The summed E-state index contributed by atoms with van der Waals surface area (Å²) in [4.78, 5) is 38.3. The number of ether oxygens (including phenoxy) is 3. The van der Waals surface area contributed by atoms with Crippen molar-refractivity contribution >= 4 is 17.9 Å². The first-order valence-corrected chi connectivity index (χ1v) is 32.7. The van der Waals surface area contributed by atoms with E-state index in [0.717, 1.165) is 64.2 Å². The number of hydrogen-bond acceptors (Lipinski definition) is 6. The molecule has 0 saturated heterocycles. The summed E-state index contributed by atoms with van der Waals surface area (Å²) in [6.07, 6.45) is 72.3. The minimum atomic E-state index is -0.768. The SMILES string of the molecule is CCCCCC/C=C\CCCCCCCC(=O)OCC(COC(=O)CCCCCCCCCCCCCCCCCCCCCCCCCC)OC(=O)CCCCCCCCCCCCCCCCCCC. The van der Waals surface area contributed by atoms with E-state index >= 15 is 0 Å². The molecular formula is C66H126O6. The van der Waals surface area contributed by atoms with Crippen LogP contribution in [0.25, 0.3) is 0 Å². The predicted octanol–water partition coefficient (Wildman–Crippen LogP) is 22.1. The van der Waals surface area contributed by atoms with Gasteiger partial charge >= 0.3 is 17.9 Å². The zero-order valence-electron chi connectivity index (χ0n) is 49.0. The van der Waals surface area contributed by atoms with Gasteiger partial charge in [-0.05, 0) is 44.9 Å². The van der Waals surface area contributed by atoms with Crippen LogP contribution in [0.15, 0.2) is 12.2 Å². The third-order valence-corrected chi connectivity index (χ3v) is 15.0. The van der Waals surface area contributed by atoms with E-state index in [-0.39, 0.29) is 31.1 Å². The molecule has 0 aromatic rings. The Hall–Kier alpha value is -1.85. The van der Waals surface area contributed by atoms with Gasteiger partial charge in [-0.2, -0.15) is 0 Å². The molecule has 0 fully saturated rings. The zero-order chi connectivity index (χ0) is 52.2. The van der Waals surface area contributed by atoms with Crippen LogP contribution in [0.2, 0.25) is 0 Å². The van der Waals surface area contributed by atoms with Crippen LogP contribution in [0.3, 0.4) is 0 Å². The Labute approximate surface area is 450 Å². The van der Waals surface area contributed by atoms with Crippen molar-refractivity contribution in [3.05, 3.63) is 12.2 Å². The molecule has 1 unspecified atom stereocenters. The van der Waals surface area contributed by atoms with Crippen molar-refractivity contribution in [3.63, 3.8) is 0 Å². The molecule has 6 heteroatoms. The summed E-state index contributed by atoms with van der Waals surface area (Å²) in [5, 5.41) is 0. The average molecular weight is 1020 g/mol. The van der Waals surface area contributed by atoms with Gasteiger partial charge in [-0.15, -0.1) is 0 Å². The van der Waals surface area contributed by atoms with E-state index in [1.54, 1.807) is 0 Å². The van der Waals surface area contributed by atoms with Crippen LogP contribution in [0.4, 0.5) is 0 Å². The van der Waals surface area contributed by atoms with Crippen molar-refractivity contribution in [2.24, 2.45) is 0 Å². The highest BCUT2D eigenvalue weighted by atomic mass is 16.6. The maximum absolute atomic E-state index is 12.9. The standard InChI is InChI=1S/C66H126O6/c1-4-7-10-13-16-19-22-25-27-29-30-31-32-33-34-35-37-38-41-44-47-50-53-56-59-65(68)71-62-63(61-70-64(67)58-55-52-49-46-43-40-24-21-18-15-12-9-6-3)72-66(69)60-57-54-51-48-45-42-39-36-28-26-23-20-17-14-11-8-5-2/h21,24,63H,4-20,22-23,25-62H2,1-3H3/b24-21-. The van der Waals surface area contributed by atoms with Crippen molar-refractivity contribution in [2.75, 3.05) is 13.2 Å². The lowest BCUT2D eigenvalue weighted by Gasteiger charge is -2.18. The Kier molecular flexibility index (Phi) is 60.1. The van der Waals surface area contributed by atoms with Gasteiger partial charge in [0.1, 0.15) is 13.2 Å². The molecule has 72 heavy (non-hydrogen) atoms. The highest BCUT2D eigenvalue weighted by molar-refractivity contribution is 5.71. The predicted molar refractivity (Wildman–Crippen MR) is 312 cm³/mol. The molecule has 0 spiro atoms. The van der Waals surface area contributed by atoms with Crippen molar-refractivity contribution in [1.82, 2.24) is 0 Å². The molecule has 426 valence electrons. The molecular weight excluding hydrogens is 889 g/mol. The van der Waals surface area contributed by atoms with Gasteiger partial charge < -0.3 is 14.2 Å². The third-order valence-electron chi connectivity index (χ3n) is 15.0. The van der Waals surface area contributed by atoms with Gasteiger partial charge in [0.2, 0.25) is 0 Å². The first-order valence-electron chi connectivity index (χ1n) is 32.7. The first-order chi connectivity index (χ1) is 35.5. The van der Waals surface area contributed by atoms with Crippen LogP contribution in [0.1, 0.15) is 374 Å². The second kappa shape index (κ2) is 61.7. The Morgan fingerprint density at radius 3 is 0.708 bits per heavy atom. The van der Waals surface area contributed by atoms with Gasteiger partial charge in [0.25, 0.3) is 0 Å². The van der Waals surface area contributed by atoms with E-state index in [0.29, 0.717) is 19.3 Å². The molecule has 0 aromatic carbocycles. The first kappa shape index (κ1) is 70.1. The molecule has 0 heterocycles. The number of unbranched alkanes of at least 4 members (excludes halogenated alkanes) is 48. The molecule has 0 radical (unpaired) electrons. The van der Waals surface area contributed by atoms with Crippen LogP contribution in [-0.4, -0.2) is 37.2 Å². The normalized spacial score (nSPS) is 12.0. The summed E-state index contributed by atoms with van der Waals surface area (Å²) >= 11 is 0. The van der Waals surface area contributed by atoms with E-state index in [1.165, 1.54) is 270 Å². The zero-order valence-corrected chi connectivity index (χ0v) is 49.0. The van der Waals surface area contributed by atoms with E-state index in [4.69, 9.17) is 14.2 Å². The Morgan fingerprint density at radius 2 is 0.458 bits per heavy atom. The van der Waals surface area contributed by atoms with E-state index in [2.05, 4.69) is 32.9 Å². The largest absolute Gasteiger partial charge is 0.462 e. The summed E-state index contributed by atoms with van der Waals surface area (Å²) in [6.45, 7) is 6.70. The number of esters is 3. The molecule has 1 atom stereocenters. The fourth-order valence-electron chi connectivity index (χ4n) is 10.1. The maximum atomic E-state index is 12.9. The Bertz CT molecular complexity index is 1120. The minimum absolute atomic E-state index is 0.0660. The summed E-state index contributed by atoms with van der Waals surface area (Å²) in [6, 6.07) is 0. The van der Waals surface area contributed by atoms with Crippen LogP contribution in [0, 0.1) is 0 Å². The summed E-state index contributed by atoms with van der Waals surface area (Å²) in [5.74, 6) is -0.844. The molecule has 0 aliphatic heterocycles. The molecule has 0 saturated carbocycles. The minimum Gasteiger partial charge on any atom is -0.462 e. The van der Waals surface area contributed by atoms with Crippen molar-refractivity contribution in [2.45, 2.75) is 380 Å². The monoisotopic (exact) mass is 1010 g/mol. The topological polar surface area (TPSA) is 78.9 Å². The molecule has 0 aliphatic rings. The fourth-order valence-corrected chi connectivity index (χ4v) is 10.1. The summed E-state index contributed by atoms with van der Waals surface area (Å²) in [7, 11) is 0. The second-order valence-electron chi connectivity index (χ2n) is 22.4. The number of hydrogen-bond donors (Lipinski definition) is 0. The summed E-state index contributed by atoms with van der Waals surface area (Å²) in [5.41, 5.74) is 0. The lowest BCUT2D eigenvalue weighted by molar-refractivity contribution is -0.167. The molecule has 6 nitrogen and oxygen atoms in total. The van der Waals surface area contributed by atoms with E-state index in [1.807, 2.05) is 0 Å². The highest BCUT2D eigenvalue weighted by Crippen LogP contribution is 2.18. The summed E-state index contributed by atoms with van der Waals surface area (Å²) < 4.78 is 16.9. The number of carbonyl (C=O) groups is 3. The lowest BCUT2D eigenvalue weighted by atomic mass is 10.0. The Balaban J connectivity index is 4.21. The van der Waals surface area contributed by atoms with Gasteiger partial charge in [-0.25, -0.2) is 0 Å². The van der Waals surface area contributed by atoms with E-state index < -0.39 is 6.10 Å². The smallest absolute Gasteiger partial charge is 0.306 e. The van der Waals surface area contributed by atoms with Gasteiger partial charge in [0.05, 0.1) is 0 Å². The molecule has 0 rings (SSSR count). The van der Waals surface area contributed by atoms with Crippen LogP contribution in [-0.2, 0) is 28.6 Å². The number of allylic oxidation sites excluding steroid dienone is 2. The molecule has 0 amide bonds. The average Bonchev–Trinajstić information content (AvgIpc) is 3.38. The maximum Gasteiger partial charge on any atom is 0.306 e. The van der Waals surface area contributed by atoms with Crippen molar-refractivity contribution < 1.29 is 28.6 Å². The van der Waals surface area contributed by atoms with Crippen molar-refractivity contribution in [3.8, 4) is 0 Å². The van der Waals surface area contributed by atoms with Crippen LogP contribution >= 0.6 is 0 Å². The Morgan fingerprint density at radius 1 is 0.264 bits per heavy atom. The number of rotatable bonds is 61. The van der Waals surface area contributed by atoms with Gasteiger partial charge in [-0.3, -0.25) is 14.4 Å². The van der Waals surface area contributed by atoms with Gasteiger partial charge in [0, 0.05) is 19.3 Å². The van der Waals surface area contributed by atoms with Crippen molar-refractivity contribution in [1.29, 1.82) is 0 Å². The van der Waals surface area contributed by atoms with Gasteiger partial charge in [0.15, 0.2) is 6.10 Å².